The number of hydrogen-bond donors (Lipinski definition) is 1. The maximum Gasteiger partial charge on any atom is 0.127 e. The van der Waals surface area contributed by atoms with E-state index in [4.69, 9.17) is 5.26 Å². The van der Waals surface area contributed by atoms with Gasteiger partial charge >= 0.3 is 0 Å². The van der Waals surface area contributed by atoms with E-state index in [1.165, 1.54) is 18.9 Å². The lowest BCUT2D eigenvalue weighted by Gasteiger charge is -2.24. The van der Waals surface area contributed by atoms with Crippen LogP contribution >= 0.6 is 0 Å². The first-order chi connectivity index (χ1) is 8.33. The largest absolute Gasteiger partial charge is 0.297 e. The molecule has 1 N–H and O–H groups in total. The molecular formula is C14H17FN2. The first kappa shape index (κ1) is 12.1. The third-order valence-corrected chi connectivity index (χ3v) is 3.51. The molecule has 1 saturated carbocycles. The molecular weight excluding hydrogens is 215 g/mol. The van der Waals surface area contributed by atoms with E-state index in [-0.39, 0.29) is 18.4 Å². The monoisotopic (exact) mass is 232 g/mol. The van der Waals surface area contributed by atoms with Crippen LogP contribution in [0.2, 0.25) is 0 Å². The summed E-state index contributed by atoms with van der Waals surface area (Å²) in [6.45, 7) is 0.273. The van der Waals surface area contributed by atoms with E-state index in [0.29, 0.717) is 11.5 Å². The SMILES string of the molecule is N#CCNC(c1ccccc1F)C1CCCC1. The van der Waals surface area contributed by atoms with Crippen molar-refractivity contribution in [3.63, 3.8) is 0 Å². The van der Waals surface area contributed by atoms with Gasteiger partial charge in [-0.3, -0.25) is 5.32 Å². The van der Waals surface area contributed by atoms with Crippen molar-refractivity contribution in [3.8, 4) is 6.07 Å². The van der Waals surface area contributed by atoms with Crippen molar-refractivity contribution in [2.75, 3.05) is 6.54 Å². The van der Waals surface area contributed by atoms with Crippen molar-refractivity contribution in [3.05, 3.63) is 35.6 Å². The van der Waals surface area contributed by atoms with Gasteiger partial charge < -0.3 is 0 Å². The summed E-state index contributed by atoms with van der Waals surface area (Å²) in [5.41, 5.74) is 0.703. The molecule has 0 heterocycles. The van der Waals surface area contributed by atoms with Gasteiger partial charge in [0.2, 0.25) is 0 Å². The molecule has 1 aliphatic carbocycles. The van der Waals surface area contributed by atoms with Crippen LogP contribution < -0.4 is 5.32 Å². The number of nitrogens with one attached hydrogen (secondary N) is 1. The maximum absolute atomic E-state index is 13.8. The van der Waals surface area contributed by atoms with Crippen molar-refractivity contribution >= 4 is 0 Å². The summed E-state index contributed by atoms with van der Waals surface area (Å²) >= 11 is 0. The van der Waals surface area contributed by atoms with E-state index in [1.54, 1.807) is 6.07 Å². The van der Waals surface area contributed by atoms with Gasteiger partial charge in [-0.2, -0.15) is 5.26 Å². The second-order valence-corrected chi connectivity index (χ2v) is 4.58. The highest BCUT2D eigenvalue weighted by Gasteiger charge is 2.27. The van der Waals surface area contributed by atoms with Gasteiger partial charge in [0.25, 0.3) is 0 Å². The number of nitrogens with zero attached hydrogens (tertiary/aromatic N) is 1. The predicted octanol–water partition coefficient (Wildman–Crippen LogP) is 3.17. The molecule has 2 nitrogen and oxygen atoms in total. The number of nitriles is 1. The van der Waals surface area contributed by atoms with Gasteiger partial charge in [0.15, 0.2) is 0 Å². The Morgan fingerprint density at radius 2 is 2.06 bits per heavy atom. The molecule has 0 spiro atoms. The molecule has 3 heteroatoms. The predicted molar refractivity (Wildman–Crippen MR) is 64.7 cm³/mol. The summed E-state index contributed by atoms with van der Waals surface area (Å²) < 4.78 is 13.8. The van der Waals surface area contributed by atoms with Crippen LogP contribution in [0.15, 0.2) is 24.3 Å². The first-order valence-corrected chi connectivity index (χ1v) is 6.17. The van der Waals surface area contributed by atoms with Crippen LogP contribution in [0.5, 0.6) is 0 Å². The molecule has 1 fully saturated rings. The highest BCUT2D eigenvalue weighted by Crippen LogP contribution is 2.36. The fraction of sp³-hybridized carbons (Fsp3) is 0.500. The van der Waals surface area contributed by atoms with Crippen molar-refractivity contribution in [1.29, 1.82) is 5.26 Å². The van der Waals surface area contributed by atoms with Crippen LogP contribution in [-0.2, 0) is 0 Å². The summed E-state index contributed by atoms with van der Waals surface area (Å²) in [6.07, 6.45) is 4.67. The molecule has 0 radical (unpaired) electrons. The second kappa shape index (κ2) is 5.79. The summed E-state index contributed by atoms with van der Waals surface area (Å²) in [6, 6.07) is 8.93. The lowest BCUT2D eigenvalue weighted by Crippen LogP contribution is -2.28. The van der Waals surface area contributed by atoms with Gasteiger partial charge in [-0.25, -0.2) is 4.39 Å². The van der Waals surface area contributed by atoms with E-state index in [9.17, 15) is 4.39 Å². The molecule has 0 amide bonds. The minimum absolute atomic E-state index is 0.0154. The second-order valence-electron chi connectivity index (χ2n) is 4.58. The molecule has 1 aromatic rings. The zero-order valence-electron chi connectivity index (χ0n) is 9.82. The minimum Gasteiger partial charge on any atom is -0.297 e. The first-order valence-electron chi connectivity index (χ1n) is 6.17. The Kier molecular flexibility index (Phi) is 4.11. The number of benzene rings is 1. The highest BCUT2D eigenvalue weighted by atomic mass is 19.1. The van der Waals surface area contributed by atoms with Gasteiger partial charge in [0, 0.05) is 11.6 Å². The van der Waals surface area contributed by atoms with Gasteiger partial charge in [-0.05, 0) is 24.8 Å². The van der Waals surface area contributed by atoms with Crippen molar-refractivity contribution in [1.82, 2.24) is 5.32 Å². The summed E-state index contributed by atoms with van der Waals surface area (Å²) in [4.78, 5) is 0. The minimum atomic E-state index is -0.171. The van der Waals surface area contributed by atoms with Crippen LogP contribution in [0.25, 0.3) is 0 Å². The third-order valence-electron chi connectivity index (χ3n) is 3.51. The Hall–Kier alpha value is -1.40. The normalized spacial score (nSPS) is 17.9. The van der Waals surface area contributed by atoms with Crippen molar-refractivity contribution in [2.45, 2.75) is 31.7 Å². The van der Waals surface area contributed by atoms with Crippen molar-refractivity contribution < 1.29 is 4.39 Å². The van der Waals surface area contributed by atoms with Crippen LogP contribution in [0.1, 0.15) is 37.3 Å². The average Bonchev–Trinajstić information content (AvgIpc) is 2.85. The molecule has 0 aliphatic heterocycles. The molecule has 1 aliphatic rings. The molecule has 0 aromatic heterocycles. The average molecular weight is 232 g/mol. The Morgan fingerprint density at radius 3 is 2.71 bits per heavy atom. The molecule has 1 atom stereocenters. The fourth-order valence-corrected chi connectivity index (χ4v) is 2.70. The van der Waals surface area contributed by atoms with E-state index >= 15 is 0 Å². The Morgan fingerprint density at radius 1 is 1.35 bits per heavy atom. The quantitative estimate of drug-likeness (QED) is 0.809. The molecule has 2 rings (SSSR count). The van der Waals surface area contributed by atoms with E-state index in [0.717, 1.165) is 12.8 Å². The van der Waals surface area contributed by atoms with Crippen LogP contribution in [0, 0.1) is 23.1 Å². The topological polar surface area (TPSA) is 35.8 Å². The highest BCUT2D eigenvalue weighted by molar-refractivity contribution is 5.22. The Bertz CT molecular complexity index is 405. The standard InChI is InChI=1S/C14H17FN2/c15-13-8-4-3-7-12(13)14(17-10-9-16)11-5-1-2-6-11/h3-4,7-8,11,14,17H,1-2,5-6,10H2. The smallest absolute Gasteiger partial charge is 0.127 e. The molecule has 17 heavy (non-hydrogen) atoms. The maximum atomic E-state index is 13.8. The van der Waals surface area contributed by atoms with Gasteiger partial charge in [-0.1, -0.05) is 31.0 Å². The number of halogens is 1. The Balaban J connectivity index is 2.20. The van der Waals surface area contributed by atoms with E-state index in [1.807, 2.05) is 12.1 Å². The summed E-state index contributed by atoms with van der Waals surface area (Å²) in [5, 5.41) is 11.8. The van der Waals surface area contributed by atoms with Crippen molar-refractivity contribution in [2.24, 2.45) is 5.92 Å². The van der Waals surface area contributed by atoms with Crippen LogP contribution in [0.4, 0.5) is 4.39 Å². The Labute approximate surface area is 101 Å². The van der Waals surface area contributed by atoms with E-state index < -0.39 is 0 Å². The third kappa shape index (κ3) is 2.83. The van der Waals surface area contributed by atoms with Crippen LogP contribution in [-0.4, -0.2) is 6.54 Å². The molecule has 1 aromatic carbocycles. The molecule has 0 saturated heterocycles. The van der Waals surface area contributed by atoms with E-state index in [2.05, 4.69) is 11.4 Å². The lowest BCUT2D eigenvalue weighted by atomic mass is 9.91. The van der Waals surface area contributed by atoms with Gasteiger partial charge in [0.05, 0.1) is 12.6 Å². The molecule has 90 valence electrons. The lowest BCUT2D eigenvalue weighted by molar-refractivity contribution is 0.369. The zero-order chi connectivity index (χ0) is 12.1. The summed E-state index contributed by atoms with van der Waals surface area (Å²) in [7, 11) is 0. The number of rotatable bonds is 4. The molecule has 1 unspecified atom stereocenters. The number of hydrogen-bond acceptors (Lipinski definition) is 2. The summed E-state index contributed by atoms with van der Waals surface area (Å²) in [5.74, 6) is 0.287. The van der Waals surface area contributed by atoms with Gasteiger partial charge in [0.1, 0.15) is 5.82 Å². The molecule has 0 bridgehead atoms. The fourth-order valence-electron chi connectivity index (χ4n) is 2.70. The zero-order valence-corrected chi connectivity index (χ0v) is 9.82. The van der Waals surface area contributed by atoms with Gasteiger partial charge in [-0.15, -0.1) is 0 Å². The van der Waals surface area contributed by atoms with Crippen LogP contribution in [0.3, 0.4) is 0 Å².